The summed E-state index contributed by atoms with van der Waals surface area (Å²) in [4.78, 5) is 23.5. The van der Waals surface area contributed by atoms with E-state index in [0.717, 1.165) is 11.4 Å². The van der Waals surface area contributed by atoms with Crippen molar-refractivity contribution in [3.63, 3.8) is 0 Å². The number of carbonyl (C=O) groups excluding carboxylic acids is 1. The summed E-state index contributed by atoms with van der Waals surface area (Å²) in [6.07, 6.45) is 0.666. The maximum absolute atomic E-state index is 12.2. The minimum atomic E-state index is -1.03. The van der Waals surface area contributed by atoms with Crippen molar-refractivity contribution in [1.82, 2.24) is 20.3 Å². The molecule has 2 aromatic rings. The Morgan fingerprint density at radius 3 is 2.54 bits per heavy atom. The summed E-state index contributed by atoms with van der Waals surface area (Å²) in [7, 11) is 0. The average Bonchev–Trinajstić information content (AvgIpc) is 2.93. The minimum absolute atomic E-state index is 0.00111. The zero-order valence-electron chi connectivity index (χ0n) is 14.1. The molecular weight excluding hydrogens is 308 g/mol. The third-order valence-corrected chi connectivity index (χ3v) is 4.11. The molecule has 1 aromatic carbocycles. The fourth-order valence-electron chi connectivity index (χ4n) is 2.40. The number of aliphatic carboxylic acids is 1. The van der Waals surface area contributed by atoms with Crippen LogP contribution >= 0.6 is 0 Å². The third-order valence-electron chi connectivity index (χ3n) is 4.11. The number of nitrogens with one attached hydrogen (secondary N) is 1. The van der Waals surface area contributed by atoms with Crippen molar-refractivity contribution in [2.24, 2.45) is 5.92 Å². The molecule has 0 radical (unpaired) electrons. The van der Waals surface area contributed by atoms with Gasteiger partial charge in [-0.25, -0.2) is 9.48 Å². The summed E-state index contributed by atoms with van der Waals surface area (Å²) in [5.41, 5.74) is 2.15. The van der Waals surface area contributed by atoms with Crippen LogP contribution in [0.25, 0.3) is 5.69 Å². The van der Waals surface area contributed by atoms with Crippen LogP contribution in [-0.4, -0.2) is 38.0 Å². The number of carbonyl (C=O) groups is 2. The summed E-state index contributed by atoms with van der Waals surface area (Å²) in [5, 5.41) is 20.0. The van der Waals surface area contributed by atoms with E-state index >= 15 is 0 Å². The zero-order valence-corrected chi connectivity index (χ0v) is 14.1. The lowest BCUT2D eigenvalue weighted by Gasteiger charge is -2.19. The van der Waals surface area contributed by atoms with Crippen LogP contribution in [0.1, 0.15) is 31.7 Å². The second-order valence-electron chi connectivity index (χ2n) is 5.81. The van der Waals surface area contributed by atoms with E-state index in [1.54, 1.807) is 11.6 Å². The lowest BCUT2D eigenvalue weighted by molar-refractivity contribution is -0.143. The van der Waals surface area contributed by atoms with E-state index in [4.69, 9.17) is 0 Å². The summed E-state index contributed by atoms with van der Waals surface area (Å²) >= 11 is 0. The number of amides is 1. The molecule has 1 heterocycles. The van der Waals surface area contributed by atoms with Crippen LogP contribution in [0, 0.1) is 12.8 Å². The fraction of sp³-hybridized carbons (Fsp3) is 0.412. The Morgan fingerprint density at radius 1 is 1.29 bits per heavy atom. The van der Waals surface area contributed by atoms with Gasteiger partial charge in [-0.2, -0.15) is 0 Å². The molecule has 0 saturated heterocycles. The first-order valence-corrected chi connectivity index (χ1v) is 7.92. The average molecular weight is 330 g/mol. The number of carboxylic acids is 1. The van der Waals surface area contributed by atoms with Crippen molar-refractivity contribution in [2.75, 3.05) is 0 Å². The van der Waals surface area contributed by atoms with Crippen molar-refractivity contribution >= 4 is 11.9 Å². The molecule has 2 atom stereocenters. The number of hydrogen-bond acceptors (Lipinski definition) is 4. The smallest absolute Gasteiger partial charge is 0.326 e. The minimum Gasteiger partial charge on any atom is -0.480 e. The third kappa shape index (κ3) is 3.98. The Labute approximate surface area is 140 Å². The molecule has 1 amide bonds. The molecule has 2 unspecified atom stereocenters. The van der Waals surface area contributed by atoms with Crippen molar-refractivity contribution in [2.45, 2.75) is 39.7 Å². The van der Waals surface area contributed by atoms with Crippen LogP contribution in [-0.2, 0) is 16.0 Å². The zero-order chi connectivity index (χ0) is 17.7. The number of aromatic nitrogens is 3. The van der Waals surface area contributed by atoms with E-state index in [0.29, 0.717) is 12.1 Å². The molecule has 0 saturated carbocycles. The molecule has 1 aromatic heterocycles. The second-order valence-corrected chi connectivity index (χ2v) is 5.81. The number of nitrogens with zero attached hydrogens (tertiary/aromatic N) is 3. The van der Waals surface area contributed by atoms with Crippen LogP contribution in [0.15, 0.2) is 30.3 Å². The van der Waals surface area contributed by atoms with Crippen molar-refractivity contribution in [3.05, 3.63) is 41.7 Å². The first kappa shape index (κ1) is 17.7. The lowest BCUT2D eigenvalue weighted by atomic mass is 9.99. The number of hydrogen-bond donors (Lipinski definition) is 2. The SMILES string of the molecule is CCC(C)C(NC(=O)Cc1nnn(-c2ccccc2)c1C)C(=O)O. The molecule has 0 bridgehead atoms. The van der Waals surface area contributed by atoms with Crippen LogP contribution in [0.3, 0.4) is 0 Å². The van der Waals surface area contributed by atoms with Gasteiger partial charge in [0.05, 0.1) is 23.5 Å². The summed E-state index contributed by atoms with van der Waals surface area (Å²) < 4.78 is 1.66. The van der Waals surface area contributed by atoms with Gasteiger partial charge in [0.25, 0.3) is 0 Å². The Balaban J connectivity index is 2.10. The van der Waals surface area contributed by atoms with Gasteiger partial charge in [0.1, 0.15) is 6.04 Å². The predicted octanol–water partition coefficient (Wildman–Crippen LogP) is 1.73. The highest BCUT2D eigenvalue weighted by atomic mass is 16.4. The number of para-hydroxylation sites is 1. The molecule has 2 N–H and O–H groups in total. The van der Waals surface area contributed by atoms with Crippen molar-refractivity contribution < 1.29 is 14.7 Å². The van der Waals surface area contributed by atoms with Gasteiger partial charge < -0.3 is 10.4 Å². The highest BCUT2D eigenvalue weighted by Crippen LogP contribution is 2.13. The molecule has 0 spiro atoms. The molecule has 0 fully saturated rings. The van der Waals surface area contributed by atoms with Crippen LogP contribution in [0.2, 0.25) is 0 Å². The quantitative estimate of drug-likeness (QED) is 0.806. The van der Waals surface area contributed by atoms with E-state index < -0.39 is 12.0 Å². The van der Waals surface area contributed by atoms with Crippen LogP contribution in [0.5, 0.6) is 0 Å². The standard InChI is InChI=1S/C17H22N4O3/c1-4-11(2)16(17(23)24)18-15(22)10-14-12(3)21(20-19-14)13-8-6-5-7-9-13/h5-9,11,16H,4,10H2,1-3H3,(H,18,22)(H,23,24). The molecule has 24 heavy (non-hydrogen) atoms. The summed E-state index contributed by atoms with van der Waals surface area (Å²) in [6.45, 7) is 5.53. The Kier molecular flexibility index (Phi) is 5.68. The molecule has 7 nitrogen and oxygen atoms in total. The number of benzene rings is 1. The van der Waals surface area contributed by atoms with Gasteiger partial charge in [0.2, 0.25) is 5.91 Å². The number of carboxylic acid groups (broad SMARTS) is 1. The summed E-state index contributed by atoms with van der Waals surface area (Å²) in [6, 6.07) is 8.60. The Hall–Kier alpha value is -2.70. The maximum Gasteiger partial charge on any atom is 0.326 e. The predicted molar refractivity (Wildman–Crippen MR) is 88.8 cm³/mol. The van der Waals surface area contributed by atoms with Gasteiger partial charge in [0.15, 0.2) is 0 Å². The molecule has 128 valence electrons. The lowest BCUT2D eigenvalue weighted by Crippen LogP contribution is -2.45. The van der Waals surface area contributed by atoms with Gasteiger partial charge in [-0.15, -0.1) is 5.10 Å². The van der Waals surface area contributed by atoms with E-state index in [-0.39, 0.29) is 18.2 Å². The Bertz CT molecular complexity index is 712. The largest absolute Gasteiger partial charge is 0.480 e. The van der Waals surface area contributed by atoms with Gasteiger partial charge >= 0.3 is 5.97 Å². The first-order chi connectivity index (χ1) is 11.4. The van der Waals surface area contributed by atoms with Gasteiger partial charge in [-0.1, -0.05) is 43.7 Å². The van der Waals surface area contributed by atoms with Crippen molar-refractivity contribution in [1.29, 1.82) is 0 Å². The van der Waals surface area contributed by atoms with Crippen molar-refractivity contribution in [3.8, 4) is 5.69 Å². The second kappa shape index (κ2) is 7.72. The first-order valence-electron chi connectivity index (χ1n) is 7.92. The van der Waals surface area contributed by atoms with E-state index in [1.807, 2.05) is 44.2 Å². The molecule has 2 rings (SSSR count). The van der Waals surface area contributed by atoms with Crippen LogP contribution < -0.4 is 5.32 Å². The van der Waals surface area contributed by atoms with Gasteiger partial charge in [0, 0.05) is 0 Å². The number of rotatable bonds is 7. The van der Waals surface area contributed by atoms with Gasteiger partial charge in [-0.05, 0) is 25.0 Å². The van der Waals surface area contributed by atoms with E-state index in [1.165, 1.54) is 0 Å². The van der Waals surface area contributed by atoms with E-state index in [2.05, 4.69) is 15.6 Å². The molecule has 0 aliphatic heterocycles. The van der Waals surface area contributed by atoms with Crippen LogP contribution in [0.4, 0.5) is 0 Å². The van der Waals surface area contributed by atoms with E-state index in [9.17, 15) is 14.7 Å². The van der Waals surface area contributed by atoms with Gasteiger partial charge in [-0.3, -0.25) is 4.79 Å². The molecular formula is C17H22N4O3. The highest BCUT2D eigenvalue weighted by Gasteiger charge is 2.26. The maximum atomic E-state index is 12.2. The molecule has 0 aliphatic carbocycles. The molecule has 7 heteroatoms. The highest BCUT2D eigenvalue weighted by molar-refractivity contribution is 5.84. The summed E-state index contributed by atoms with van der Waals surface area (Å²) in [5.74, 6) is -1.54. The normalized spacial score (nSPS) is 13.3. The monoisotopic (exact) mass is 330 g/mol. The Morgan fingerprint density at radius 2 is 1.96 bits per heavy atom. The molecule has 0 aliphatic rings. The fourth-order valence-corrected chi connectivity index (χ4v) is 2.40. The topological polar surface area (TPSA) is 97.1 Å².